The van der Waals surface area contributed by atoms with E-state index in [1.54, 1.807) is 0 Å². The van der Waals surface area contributed by atoms with Crippen molar-refractivity contribution >= 4 is 28.4 Å². The average molecular weight is 186 g/mol. The summed E-state index contributed by atoms with van der Waals surface area (Å²) in [4.78, 5) is 10.6. The Morgan fingerprint density at radius 2 is 2.21 bits per heavy atom. The number of hydrogen-bond acceptors (Lipinski definition) is 3. The molecule has 1 aromatic carbocycles. The molecule has 0 spiro atoms. The Hall–Kier alpha value is -2.10. The summed E-state index contributed by atoms with van der Waals surface area (Å²) in [6.45, 7) is 0. The number of furan rings is 1. The standard InChI is InChI=1S/C10H6N2O2/c13-5-7-10-9(12-11-7)6-3-1-2-4-8(6)14-10/h1-5H,(H,11,12). The topological polar surface area (TPSA) is 58.9 Å². The summed E-state index contributed by atoms with van der Waals surface area (Å²) in [5.74, 6) is 0. The van der Waals surface area contributed by atoms with Crippen molar-refractivity contribution in [1.82, 2.24) is 10.2 Å². The van der Waals surface area contributed by atoms with Crippen LogP contribution in [-0.4, -0.2) is 16.5 Å². The third-order valence-corrected chi connectivity index (χ3v) is 2.22. The summed E-state index contributed by atoms with van der Waals surface area (Å²) < 4.78 is 5.49. The fraction of sp³-hybridized carbons (Fsp3) is 0. The molecule has 0 unspecified atom stereocenters. The predicted molar refractivity (Wildman–Crippen MR) is 51.3 cm³/mol. The number of nitrogens with one attached hydrogen (secondary N) is 1. The molecule has 0 saturated heterocycles. The van der Waals surface area contributed by atoms with Crippen LogP contribution in [0.5, 0.6) is 0 Å². The molecule has 3 aromatic rings. The number of hydrogen-bond donors (Lipinski definition) is 1. The number of rotatable bonds is 1. The Bertz CT molecular complexity index is 621. The van der Waals surface area contributed by atoms with Crippen LogP contribution in [0.3, 0.4) is 0 Å². The highest BCUT2D eigenvalue weighted by Gasteiger charge is 2.12. The molecule has 0 aliphatic heterocycles. The van der Waals surface area contributed by atoms with Crippen molar-refractivity contribution in [1.29, 1.82) is 0 Å². The van der Waals surface area contributed by atoms with Gasteiger partial charge < -0.3 is 4.42 Å². The zero-order valence-corrected chi connectivity index (χ0v) is 7.15. The first-order valence-corrected chi connectivity index (χ1v) is 4.21. The fourth-order valence-electron chi connectivity index (χ4n) is 1.57. The summed E-state index contributed by atoms with van der Waals surface area (Å²) in [6.07, 6.45) is 0.706. The second-order valence-corrected chi connectivity index (χ2v) is 3.03. The van der Waals surface area contributed by atoms with Crippen molar-refractivity contribution in [2.24, 2.45) is 0 Å². The van der Waals surface area contributed by atoms with Crippen LogP contribution >= 0.6 is 0 Å². The van der Waals surface area contributed by atoms with Crippen molar-refractivity contribution in [3.63, 3.8) is 0 Å². The second kappa shape index (κ2) is 2.45. The minimum atomic E-state index is 0.385. The van der Waals surface area contributed by atoms with E-state index in [2.05, 4.69) is 10.2 Å². The number of aromatic amines is 1. The number of aromatic nitrogens is 2. The highest BCUT2D eigenvalue weighted by Crippen LogP contribution is 2.27. The maximum Gasteiger partial charge on any atom is 0.183 e. The molecule has 0 bridgehead atoms. The molecule has 1 N–H and O–H groups in total. The molecule has 4 nitrogen and oxygen atoms in total. The Balaban J connectivity index is 2.57. The van der Waals surface area contributed by atoms with Gasteiger partial charge in [-0.05, 0) is 12.1 Å². The highest BCUT2D eigenvalue weighted by molar-refractivity contribution is 6.06. The van der Waals surface area contributed by atoms with Gasteiger partial charge in [0.15, 0.2) is 11.9 Å². The molecule has 0 saturated carbocycles. The molecule has 0 fully saturated rings. The number of para-hydroxylation sites is 1. The normalized spacial score (nSPS) is 11.1. The fourth-order valence-corrected chi connectivity index (χ4v) is 1.57. The molecule has 0 aliphatic carbocycles. The van der Waals surface area contributed by atoms with E-state index in [0.29, 0.717) is 23.1 Å². The molecule has 4 heteroatoms. The third-order valence-electron chi connectivity index (χ3n) is 2.22. The van der Waals surface area contributed by atoms with Crippen LogP contribution in [0.15, 0.2) is 28.7 Å². The Labute approximate surface area is 78.5 Å². The van der Waals surface area contributed by atoms with Gasteiger partial charge in [-0.1, -0.05) is 12.1 Å². The largest absolute Gasteiger partial charge is 0.452 e. The van der Waals surface area contributed by atoms with Crippen LogP contribution in [0.4, 0.5) is 0 Å². The first-order chi connectivity index (χ1) is 6.90. The van der Waals surface area contributed by atoms with E-state index in [9.17, 15) is 4.79 Å². The number of carbonyl (C=O) groups excluding carboxylic acids is 1. The summed E-state index contributed by atoms with van der Waals surface area (Å²) in [6, 6.07) is 7.56. The van der Waals surface area contributed by atoms with Crippen LogP contribution in [0, 0.1) is 0 Å². The average Bonchev–Trinajstić information content (AvgIpc) is 2.75. The van der Waals surface area contributed by atoms with Crippen molar-refractivity contribution in [2.45, 2.75) is 0 Å². The van der Waals surface area contributed by atoms with Gasteiger partial charge in [0.2, 0.25) is 0 Å². The number of benzene rings is 1. The molecule has 14 heavy (non-hydrogen) atoms. The van der Waals surface area contributed by atoms with Crippen LogP contribution < -0.4 is 0 Å². The van der Waals surface area contributed by atoms with Crippen LogP contribution in [0.1, 0.15) is 10.5 Å². The predicted octanol–water partition coefficient (Wildman–Crippen LogP) is 2.12. The minimum Gasteiger partial charge on any atom is -0.452 e. The van der Waals surface area contributed by atoms with Gasteiger partial charge in [0.25, 0.3) is 0 Å². The number of carbonyl (C=O) groups is 1. The Morgan fingerprint density at radius 1 is 1.36 bits per heavy atom. The van der Waals surface area contributed by atoms with Crippen molar-refractivity contribution in [2.75, 3.05) is 0 Å². The summed E-state index contributed by atoms with van der Waals surface area (Å²) in [5.41, 5.74) is 2.38. The monoisotopic (exact) mass is 186 g/mol. The zero-order chi connectivity index (χ0) is 9.54. The molecule has 68 valence electrons. The lowest BCUT2D eigenvalue weighted by atomic mass is 10.2. The number of fused-ring (bicyclic) bond motifs is 3. The van der Waals surface area contributed by atoms with Gasteiger partial charge in [0.1, 0.15) is 16.8 Å². The minimum absolute atomic E-state index is 0.385. The SMILES string of the molecule is O=Cc1[nH]nc2c1oc1ccccc12. The molecule has 0 atom stereocenters. The number of nitrogens with zero attached hydrogens (tertiary/aromatic N) is 1. The van der Waals surface area contributed by atoms with Gasteiger partial charge >= 0.3 is 0 Å². The zero-order valence-electron chi connectivity index (χ0n) is 7.15. The quantitative estimate of drug-likeness (QED) is 0.592. The van der Waals surface area contributed by atoms with Gasteiger partial charge in [-0.2, -0.15) is 5.10 Å². The van der Waals surface area contributed by atoms with E-state index >= 15 is 0 Å². The van der Waals surface area contributed by atoms with Gasteiger partial charge in [-0.25, -0.2) is 0 Å². The summed E-state index contributed by atoms with van der Waals surface area (Å²) in [5, 5.41) is 7.57. The first-order valence-electron chi connectivity index (χ1n) is 4.21. The van der Waals surface area contributed by atoms with E-state index in [0.717, 1.165) is 11.0 Å². The molecule has 2 heterocycles. The molecule has 0 radical (unpaired) electrons. The molecular weight excluding hydrogens is 180 g/mol. The van der Waals surface area contributed by atoms with Gasteiger partial charge in [0, 0.05) is 5.39 Å². The van der Waals surface area contributed by atoms with E-state index in [1.165, 1.54) is 0 Å². The Kier molecular flexibility index (Phi) is 1.28. The van der Waals surface area contributed by atoms with Gasteiger partial charge in [-0.15, -0.1) is 0 Å². The van der Waals surface area contributed by atoms with Crippen molar-refractivity contribution < 1.29 is 9.21 Å². The molecule has 0 amide bonds. The van der Waals surface area contributed by atoms with E-state index in [-0.39, 0.29) is 0 Å². The third kappa shape index (κ3) is 0.771. The first kappa shape index (κ1) is 7.32. The molecule has 0 aliphatic rings. The Morgan fingerprint density at radius 3 is 3.07 bits per heavy atom. The second-order valence-electron chi connectivity index (χ2n) is 3.03. The molecule has 2 aromatic heterocycles. The lowest BCUT2D eigenvalue weighted by Crippen LogP contribution is -1.77. The van der Waals surface area contributed by atoms with Crippen LogP contribution in [0.25, 0.3) is 22.1 Å². The highest BCUT2D eigenvalue weighted by atomic mass is 16.3. The summed E-state index contributed by atoms with van der Waals surface area (Å²) >= 11 is 0. The smallest absolute Gasteiger partial charge is 0.183 e. The lowest BCUT2D eigenvalue weighted by molar-refractivity contribution is 0.111. The molecular formula is C10H6N2O2. The molecule has 3 rings (SSSR count). The van der Waals surface area contributed by atoms with Crippen LogP contribution in [-0.2, 0) is 0 Å². The summed E-state index contributed by atoms with van der Waals surface area (Å²) in [7, 11) is 0. The maximum absolute atomic E-state index is 10.6. The lowest BCUT2D eigenvalue weighted by Gasteiger charge is -1.84. The van der Waals surface area contributed by atoms with Crippen molar-refractivity contribution in [3.8, 4) is 0 Å². The number of H-pyrrole nitrogens is 1. The maximum atomic E-state index is 10.6. The number of aldehydes is 1. The van der Waals surface area contributed by atoms with Crippen LogP contribution in [0.2, 0.25) is 0 Å². The van der Waals surface area contributed by atoms with Gasteiger partial charge in [-0.3, -0.25) is 9.89 Å². The van der Waals surface area contributed by atoms with E-state index < -0.39 is 0 Å². The van der Waals surface area contributed by atoms with E-state index in [1.807, 2.05) is 24.3 Å². The van der Waals surface area contributed by atoms with Crippen molar-refractivity contribution in [3.05, 3.63) is 30.0 Å². The van der Waals surface area contributed by atoms with E-state index in [4.69, 9.17) is 4.42 Å². The van der Waals surface area contributed by atoms with Gasteiger partial charge in [0.05, 0.1) is 0 Å².